The van der Waals surface area contributed by atoms with Crippen LogP contribution in [-0.2, 0) is 4.74 Å². The lowest BCUT2D eigenvalue weighted by Crippen LogP contribution is -2.05. The smallest absolute Gasteiger partial charge is 0.338 e. The molecule has 0 atom stereocenters. The van der Waals surface area contributed by atoms with E-state index in [0.29, 0.717) is 12.2 Å². The molecule has 0 fully saturated rings. The van der Waals surface area contributed by atoms with Gasteiger partial charge in [-0.2, -0.15) is 0 Å². The number of fused-ring (bicyclic) bond motifs is 1. The van der Waals surface area contributed by atoms with E-state index in [0.717, 1.165) is 10.9 Å². The summed E-state index contributed by atoms with van der Waals surface area (Å²) >= 11 is 0. The van der Waals surface area contributed by atoms with Crippen LogP contribution < -0.4 is 0 Å². The summed E-state index contributed by atoms with van der Waals surface area (Å²) < 4.78 is 4.94. The molecule has 0 bridgehead atoms. The van der Waals surface area contributed by atoms with Crippen LogP contribution in [0.2, 0.25) is 0 Å². The Morgan fingerprint density at radius 2 is 2.33 bits per heavy atom. The number of ether oxygens (including phenoxy) is 1. The molecule has 4 heteroatoms. The molecule has 0 saturated carbocycles. The average molecular weight is 202 g/mol. The average Bonchev–Trinajstić information content (AvgIpc) is 2.28. The highest BCUT2D eigenvalue weighted by Crippen LogP contribution is 2.16. The minimum Gasteiger partial charge on any atom is -0.462 e. The van der Waals surface area contributed by atoms with Crippen LogP contribution in [-0.4, -0.2) is 22.5 Å². The summed E-state index contributed by atoms with van der Waals surface area (Å²) in [6, 6.07) is 5.32. The predicted octanol–water partition coefficient (Wildman–Crippen LogP) is 1.81. The van der Waals surface area contributed by atoms with E-state index >= 15 is 0 Å². The molecule has 0 saturated heterocycles. The number of aromatic nitrogens is 2. The van der Waals surface area contributed by atoms with Crippen molar-refractivity contribution in [2.75, 3.05) is 6.61 Å². The molecule has 0 radical (unpaired) electrons. The van der Waals surface area contributed by atoms with E-state index in [-0.39, 0.29) is 5.97 Å². The van der Waals surface area contributed by atoms with E-state index in [9.17, 15) is 4.79 Å². The number of carbonyl (C=O) groups excluding carboxylic acids is 1. The maximum absolute atomic E-state index is 11.6. The van der Waals surface area contributed by atoms with Gasteiger partial charge in [0.15, 0.2) is 0 Å². The van der Waals surface area contributed by atoms with Crippen LogP contribution in [0.5, 0.6) is 0 Å². The third-order valence-electron chi connectivity index (χ3n) is 2.05. The van der Waals surface area contributed by atoms with Crippen molar-refractivity contribution in [1.29, 1.82) is 0 Å². The summed E-state index contributed by atoms with van der Waals surface area (Å²) in [6.07, 6.45) is 3.08. The highest BCUT2D eigenvalue weighted by Gasteiger charge is 2.10. The molecule has 0 aliphatic carbocycles. The number of hydrogen-bond donors (Lipinski definition) is 0. The zero-order valence-corrected chi connectivity index (χ0v) is 8.30. The Labute approximate surface area is 86.9 Å². The molecule has 0 spiro atoms. The predicted molar refractivity (Wildman–Crippen MR) is 55.5 cm³/mol. The Morgan fingerprint density at radius 1 is 1.47 bits per heavy atom. The number of rotatable bonds is 2. The summed E-state index contributed by atoms with van der Waals surface area (Å²) in [7, 11) is 0. The third-order valence-corrected chi connectivity index (χ3v) is 2.05. The molecule has 15 heavy (non-hydrogen) atoms. The van der Waals surface area contributed by atoms with Gasteiger partial charge in [0.2, 0.25) is 0 Å². The quantitative estimate of drug-likeness (QED) is 0.697. The number of esters is 1. The zero-order valence-electron chi connectivity index (χ0n) is 8.30. The van der Waals surface area contributed by atoms with E-state index in [4.69, 9.17) is 4.74 Å². The van der Waals surface area contributed by atoms with Gasteiger partial charge in [0.05, 0.1) is 17.7 Å². The van der Waals surface area contributed by atoms with Crippen LogP contribution in [0.3, 0.4) is 0 Å². The Balaban J connectivity index is 2.56. The van der Waals surface area contributed by atoms with Gasteiger partial charge >= 0.3 is 5.97 Å². The number of carbonyl (C=O) groups is 1. The van der Waals surface area contributed by atoms with Gasteiger partial charge in [-0.1, -0.05) is 6.07 Å². The first-order chi connectivity index (χ1) is 7.33. The fourth-order valence-corrected chi connectivity index (χ4v) is 1.39. The first kappa shape index (κ1) is 9.58. The molecule has 0 aliphatic heterocycles. The fourth-order valence-electron chi connectivity index (χ4n) is 1.39. The molecular formula is C11H10N2O2. The van der Waals surface area contributed by atoms with E-state index in [1.165, 1.54) is 6.33 Å². The molecular weight excluding hydrogens is 192 g/mol. The summed E-state index contributed by atoms with van der Waals surface area (Å²) in [4.78, 5) is 19.5. The normalized spacial score (nSPS) is 10.2. The second-order valence-electron chi connectivity index (χ2n) is 2.98. The highest BCUT2D eigenvalue weighted by molar-refractivity contribution is 6.03. The molecule has 0 unspecified atom stereocenters. The lowest BCUT2D eigenvalue weighted by Gasteiger charge is -2.04. The third kappa shape index (κ3) is 1.79. The maximum Gasteiger partial charge on any atom is 0.338 e. The van der Waals surface area contributed by atoms with Crippen molar-refractivity contribution in [2.45, 2.75) is 6.92 Å². The Bertz CT molecular complexity index is 491. The van der Waals surface area contributed by atoms with Crippen molar-refractivity contribution >= 4 is 16.9 Å². The van der Waals surface area contributed by atoms with E-state index in [1.54, 1.807) is 25.3 Å². The van der Waals surface area contributed by atoms with Gasteiger partial charge < -0.3 is 4.74 Å². The molecule has 76 valence electrons. The number of hydrogen-bond acceptors (Lipinski definition) is 4. The SMILES string of the molecule is CCOC(=O)c1cccc2ncncc12. The van der Waals surface area contributed by atoms with Crippen molar-refractivity contribution in [2.24, 2.45) is 0 Å². The molecule has 1 aromatic carbocycles. The van der Waals surface area contributed by atoms with Crippen molar-refractivity contribution in [1.82, 2.24) is 9.97 Å². The van der Waals surface area contributed by atoms with Gasteiger partial charge in [-0.25, -0.2) is 14.8 Å². The minimum absolute atomic E-state index is 0.335. The van der Waals surface area contributed by atoms with Crippen molar-refractivity contribution in [3.05, 3.63) is 36.3 Å². The highest BCUT2D eigenvalue weighted by atomic mass is 16.5. The van der Waals surface area contributed by atoms with Crippen LogP contribution in [0.4, 0.5) is 0 Å². The second kappa shape index (κ2) is 4.04. The molecule has 0 amide bonds. The molecule has 2 rings (SSSR count). The van der Waals surface area contributed by atoms with Gasteiger partial charge in [0.25, 0.3) is 0 Å². The van der Waals surface area contributed by atoms with Crippen LogP contribution in [0, 0.1) is 0 Å². The van der Waals surface area contributed by atoms with Gasteiger partial charge in [0, 0.05) is 11.6 Å². The largest absolute Gasteiger partial charge is 0.462 e. The molecule has 0 N–H and O–H groups in total. The van der Waals surface area contributed by atoms with Crippen LogP contribution >= 0.6 is 0 Å². The van der Waals surface area contributed by atoms with E-state index in [1.807, 2.05) is 6.07 Å². The first-order valence-corrected chi connectivity index (χ1v) is 4.68. The monoisotopic (exact) mass is 202 g/mol. The summed E-state index contributed by atoms with van der Waals surface area (Å²) in [5.41, 5.74) is 1.26. The molecule has 1 aromatic heterocycles. The Kier molecular flexibility index (Phi) is 2.58. The second-order valence-corrected chi connectivity index (χ2v) is 2.98. The van der Waals surface area contributed by atoms with Gasteiger partial charge in [-0.15, -0.1) is 0 Å². The van der Waals surface area contributed by atoms with Crippen LogP contribution in [0.25, 0.3) is 10.9 Å². The van der Waals surface area contributed by atoms with E-state index < -0.39 is 0 Å². The molecule has 4 nitrogen and oxygen atoms in total. The fraction of sp³-hybridized carbons (Fsp3) is 0.182. The summed E-state index contributed by atoms with van der Waals surface area (Å²) in [5, 5.41) is 0.721. The lowest BCUT2D eigenvalue weighted by atomic mass is 10.1. The minimum atomic E-state index is -0.335. The van der Waals surface area contributed by atoms with Crippen molar-refractivity contribution in [3.8, 4) is 0 Å². The Hall–Kier alpha value is -1.97. The first-order valence-electron chi connectivity index (χ1n) is 4.68. The van der Waals surface area contributed by atoms with Gasteiger partial charge in [-0.05, 0) is 19.1 Å². The number of nitrogens with zero attached hydrogens (tertiary/aromatic N) is 2. The summed E-state index contributed by atoms with van der Waals surface area (Å²) in [6.45, 7) is 2.14. The topological polar surface area (TPSA) is 52.1 Å². The summed E-state index contributed by atoms with van der Waals surface area (Å²) in [5.74, 6) is -0.335. The zero-order chi connectivity index (χ0) is 10.7. The van der Waals surface area contributed by atoms with Crippen molar-refractivity contribution < 1.29 is 9.53 Å². The van der Waals surface area contributed by atoms with Crippen LogP contribution in [0.1, 0.15) is 17.3 Å². The lowest BCUT2D eigenvalue weighted by molar-refractivity contribution is 0.0528. The molecule has 2 aromatic rings. The standard InChI is InChI=1S/C11H10N2O2/c1-2-15-11(14)8-4-3-5-10-9(8)6-12-7-13-10/h3-7H,2H2,1H3. The molecule has 1 heterocycles. The van der Waals surface area contributed by atoms with Gasteiger partial charge in [-0.3, -0.25) is 0 Å². The Morgan fingerprint density at radius 3 is 3.13 bits per heavy atom. The van der Waals surface area contributed by atoms with Gasteiger partial charge in [0.1, 0.15) is 6.33 Å². The van der Waals surface area contributed by atoms with E-state index in [2.05, 4.69) is 9.97 Å². The maximum atomic E-state index is 11.6. The van der Waals surface area contributed by atoms with Crippen molar-refractivity contribution in [3.63, 3.8) is 0 Å². The number of benzene rings is 1. The van der Waals surface area contributed by atoms with Crippen LogP contribution in [0.15, 0.2) is 30.7 Å². The molecule has 0 aliphatic rings.